The molecule has 1 fully saturated rings. The van der Waals surface area contributed by atoms with Crippen molar-refractivity contribution in [1.82, 2.24) is 19.5 Å². The van der Waals surface area contributed by atoms with Crippen LogP contribution in [0.25, 0.3) is 16.9 Å². The van der Waals surface area contributed by atoms with Crippen molar-refractivity contribution in [2.24, 2.45) is 11.2 Å². The van der Waals surface area contributed by atoms with E-state index in [1.807, 2.05) is 11.6 Å². The Morgan fingerprint density at radius 1 is 1.04 bits per heavy atom. The van der Waals surface area contributed by atoms with Crippen molar-refractivity contribution in [3.05, 3.63) is 71.1 Å². The van der Waals surface area contributed by atoms with Gasteiger partial charge in [0.25, 0.3) is 16.3 Å². The van der Waals surface area contributed by atoms with Gasteiger partial charge in [-0.15, -0.1) is 5.01 Å². The van der Waals surface area contributed by atoms with E-state index in [1.165, 1.54) is 24.1 Å². The van der Waals surface area contributed by atoms with Crippen molar-refractivity contribution < 1.29 is 50.5 Å². The highest BCUT2D eigenvalue weighted by Gasteiger charge is 2.36. The lowest BCUT2D eigenvalue weighted by atomic mass is 9.97. The molecule has 14 nitrogen and oxygen atoms in total. The Morgan fingerprint density at radius 3 is 2.23 bits per heavy atom. The third-order valence-corrected chi connectivity index (χ3v) is 8.28. The van der Waals surface area contributed by atoms with E-state index in [9.17, 15) is 36.4 Å². The maximum atomic E-state index is 13.5. The van der Waals surface area contributed by atoms with Crippen LogP contribution in [0, 0.1) is 18.0 Å². The van der Waals surface area contributed by atoms with Crippen LogP contribution in [0.3, 0.4) is 0 Å². The number of aryl methyl sites for hydroxylation is 1. The fourth-order valence-corrected chi connectivity index (χ4v) is 5.57. The average Bonchev–Trinajstić information content (AvgIpc) is 3.46. The van der Waals surface area contributed by atoms with Gasteiger partial charge in [-0.05, 0) is 63.9 Å². The van der Waals surface area contributed by atoms with Crippen molar-refractivity contribution in [3.63, 3.8) is 0 Å². The van der Waals surface area contributed by atoms with Gasteiger partial charge in [-0.3, -0.25) is 9.63 Å². The number of piperidine rings is 1. The molecule has 0 saturated carbocycles. The average molecular weight is 683 g/mol. The first-order valence-corrected chi connectivity index (χ1v) is 15.9. The first-order valence-electron chi connectivity index (χ1n) is 14.4. The Kier molecular flexibility index (Phi) is 10.6. The van der Waals surface area contributed by atoms with Gasteiger partial charge in [-0.2, -0.15) is 18.3 Å². The van der Waals surface area contributed by atoms with Crippen molar-refractivity contribution in [2.75, 3.05) is 13.1 Å². The van der Waals surface area contributed by atoms with Crippen molar-refractivity contribution in [2.45, 2.75) is 64.0 Å². The minimum absolute atomic E-state index is 0.0426. The predicted molar refractivity (Wildman–Crippen MR) is 158 cm³/mol. The van der Waals surface area contributed by atoms with Crippen molar-refractivity contribution >= 4 is 22.1 Å². The summed E-state index contributed by atoms with van der Waals surface area (Å²) in [7, 11) is -4.34. The Hall–Kier alpha value is -4.87. The van der Waals surface area contributed by atoms with Crippen LogP contribution in [0.4, 0.5) is 18.0 Å². The highest BCUT2D eigenvalue weighted by Crippen LogP contribution is 2.33. The molecule has 18 heteroatoms. The molecule has 3 aromatic rings. The summed E-state index contributed by atoms with van der Waals surface area (Å²) in [5, 5.41) is 20.5. The summed E-state index contributed by atoms with van der Waals surface area (Å²) in [5.41, 5.74) is 0.591. The molecule has 1 aliphatic rings. The zero-order valence-corrected chi connectivity index (χ0v) is 26.6. The zero-order valence-electron chi connectivity index (χ0n) is 25.8. The number of nitrogens with zero attached hydrogens (tertiary/aromatic N) is 5. The molecule has 1 amide bonds. The van der Waals surface area contributed by atoms with E-state index in [0.29, 0.717) is 5.56 Å². The van der Waals surface area contributed by atoms with Gasteiger partial charge in [0.05, 0.1) is 40.4 Å². The summed E-state index contributed by atoms with van der Waals surface area (Å²) in [4.78, 5) is 29.0. The molecular weight excluding hydrogens is 649 g/mol. The van der Waals surface area contributed by atoms with Crippen LogP contribution >= 0.6 is 0 Å². The molecule has 0 aliphatic carbocycles. The molecule has 4 rings (SSSR count). The summed E-state index contributed by atoms with van der Waals surface area (Å²) in [6, 6.07) is 12.6. The molecule has 0 bridgehead atoms. The monoisotopic (exact) mass is 682 g/mol. The minimum Gasteiger partial charge on any atom is -0.569 e. The Morgan fingerprint density at radius 2 is 1.66 bits per heavy atom. The Labute approximate surface area is 268 Å². The van der Waals surface area contributed by atoms with Gasteiger partial charge >= 0.3 is 12.3 Å². The molecular formula is C29H33F3N6O8S. The predicted octanol–water partition coefficient (Wildman–Crippen LogP) is 5.10. The van der Waals surface area contributed by atoms with E-state index in [0.717, 1.165) is 28.4 Å². The van der Waals surface area contributed by atoms with E-state index in [1.54, 1.807) is 38.1 Å². The summed E-state index contributed by atoms with van der Waals surface area (Å²) >= 11 is 0. The summed E-state index contributed by atoms with van der Waals surface area (Å²) in [6.07, 6.45) is -7.11. The first kappa shape index (κ1) is 35.0. The molecule has 254 valence electrons. The molecule has 2 heterocycles. The number of nitrogens with one attached hydrogen (secondary N) is 1. The molecule has 0 radical (unpaired) electrons. The van der Waals surface area contributed by atoms with Gasteiger partial charge in [-0.25, -0.2) is 22.6 Å². The van der Waals surface area contributed by atoms with Gasteiger partial charge in [0, 0.05) is 18.4 Å². The fraction of sp³-hybridized carbons (Fsp3) is 0.414. The molecule has 1 aromatic heterocycles. The number of carbonyl (C=O) groups is 2. The Balaban J connectivity index is 1.37. The maximum absolute atomic E-state index is 13.5. The topological polar surface area (TPSA) is 167 Å². The highest BCUT2D eigenvalue weighted by atomic mass is 32.2. The number of alkyl halides is 3. The van der Waals surface area contributed by atoms with E-state index < -0.39 is 52.3 Å². The number of carbonyl (C=O) groups excluding carboxylic acids is 2. The number of hydrogen-bond donors (Lipinski definition) is 1. The number of amides is 1. The van der Waals surface area contributed by atoms with Crippen LogP contribution in [0.2, 0.25) is 0 Å². The van der Waals surface area contributed by atoms with Gasteiger partial charge in [0.2, 0.25) is 11.2 Å². The van der Waals surface area contributed by atoms with E-state index in [2.05, 4.69) is 10.4 Å². The number of hydrazine groups is 1. The summed E-state index contributed by atoms with van der Waals surface area (Å²) in [5.74, 6) is -1.53. The normalized spacial score (nSPS) is 15.3. The van der Waals surface area contributed by atoms with Crippen LogP contribution in [-0.4, -0.2) is 65.7 Å². The third-order valence-electron chi connectivity index (χ3n) is 6.92. The van der Waals surface area contributed by atoms with Gasteiger partial charge in [0.1, 0.15) is 0 Å². The lowest BCUT2D eigenvalue weighted by molar-refractivity contribution is -0.715. The molecule has 1 N–H and O–H groups in total. The number of aromatic nitrogens is 2. The van der Waals surface area contributed by atoms with Crippen LogP contribution in [0.1, 0.15) is 44.9 Å². The fourth-order valence-electron chi connectivity index (χ4n) is 4.52. The second kappa shape index (κ2) is 14.3. The largest absolute Gasteiger partial charge is 0.569 e. The molecule has 1 atom stereocenters. The zero-order chi connectivity index (χ0) is 34.5. The molecule has 0 spiro atoms. The van der Waals surface area contributed by atoms with Gasteiger partial charge in [0.15, 0.2) is 5.69 Å². The Bertz CT molecular complexity index is 1700. The quantitative estimate of drug-likeness (QED) is 0.0999. The molecule has 1 aliphatic heterocycles. The van der Waals surface area contributed by atoms with Crippen LogP contribution in [-0.2, 0) is 35.3 Å². The standard InChI is InChI=1S/C29H33F3N6O8S/c1-18(2)44-28(40)45-20(4)46-35-38(41)36-15-13-22(14-16-36)27(39)34-47(42,43)24-11-9-23(10-12-24)37-25(17-26(33-37)29(30,31)32)21-7-5-19(3)6-8-21/h5-12,17-18,20,22H,13-16H2,1-4H3,(H,34,39)/b38-35+. The van der Waals surface area contributed by atoms with Gasteiger partial charge in [-0.1, -0.05) is 29.8 Å². The van der Waals surface area contributed by atoms with Crippen LogP contribution in [0.5, 0.6) is 0 Å². The molecule has 1 unspecified atom stereocenters. The summed E-state index contributed by atoms with van der Waals surface area (Å²) in [6.45, 7) is 6.50. The lowest BCUT2D eigenvalue weighted by Crippen LogP contribution is -2.44. The van der Waals surface area contributed by atoms with Crippen molar-refractivity contribution in [1.29, 1.82) is 0 Å². The molecule has 1 saturated heterocycles. The van der Waals surface area contributed by atoms with Gasteiger partial charge < -0.3 is 14.7 Å². The lowest BCUT2D eigenvalue weighted by Gasteiger charge is -2.27. The highest BCUT2D eigenvalue weighted by molar-refractivity contribution is 7.90. The minimum atomic E-state index is -4.71. The van der Waals surface area contributed by atoms with Crippen LogP contribution < -0.4 is 4.72 Å². The second-order valence-corrected chi connectivity index (χ2v) is 12.6. The summed E-state index contributed by atoms with van der Waals surface area (Å²) < 4.78 is 79.2. The smallest absolute Gasteiger partial charge is 0.511 e. The number of benzene rings is 2. The number of ether oxygens (including phenoxy) is 2. The number of hydrogen-bond acceptors (Lipinski definition) is 10. The van der Waals surface area contributed by atoms with E-state index >= 15 is 0 Å². The number of halogens is 3. The number of rotatable bonds is 10. The third kappa shape index (κ3) is 9.11. The van der Waals surface area contributed by atoms with Crippen LogP contribution in [0.15, 0.2) is 64.8 Å². The first-order chi connectivity index (χ1) is 22.0. The SMILES string of the molecule is Cc1ccc(-c2cc(C(F)(F)F)nn2-c2ccc(S(=O)(=O)NC(=O)C3CCN(/[N+]([O-])=N\OC(C)OC(=O)OC(C)C)CC3)cc2)cc1. The van der Waals surface area contributed by atoms with E-state index in [-0.39, 0.29) is 47.2 Å². The van der Waals surface area contributed by atoms with Crippen molar-refractivity contribution in [3.8, 4) is 16.9 Å². The number of sulfonamides is 1. The second-order valence-electron chi connectivity index (χ2n) is 10.9. The maximum Gasteiger partial charge on any atom is 0.511 e. The molecule has 2 aromatic carbocycles. The van der Waals surface area contributed by atoms with E-state index in [4.69, 9.17) is 14.3 Å². The molecule has 47 heavy (non-hydrogen) atoms.